The van der Waals surface area contributed by atoms with E-state index in [2.05, 4.69) is 0 Å². The first kappa shape index (κ1) is 10.4. The van der Waals surface area contributed by atoms with Crippen LogP contribution in [0, 0.1) is 0 Å². The third kappa shape index (κ3) is 2.17. The number of carbonyl (C=O) groups is 1. The maximum absolute atomic E-state index is 11.0. The van der Waals surface area contributed by atoms with Crippen molar-refractivity contribution in [1.82, 2.24) is 4.31 Å². The number of aliphatic hydroxyl groups is 1. The summed E-state index contributed by atoms with van der Waals surface area (Å²) in [4.78, 5) is 10.6. The summed E-state index contributed by atoms with van der Waals surface area (Å²) in [6.45, 7) is -0.129. The highest BCUT2D eigenvalue weighted by molar-refractivity contribution is 7.88. The third-order valence-electron chi connectivity index (χ3n) is 1.94. The molecule has 1 rings (SSSR count). The predicted octanol–water partition coefficient (Wildman–Crippen LogP) is -1.53. The van der Waals surface area contributed by atoms with Crippen molar-refractivity contribution in [3.8, 4) is 0 Å². The molecule has 0 unspecified atom stereocenters. The zero-order chi connectivity index (χ0) is 10.2. The summed E-state index contributed by atoms with van der Waals surface area (Å²) in [5.74, 6) is -1.22. The van der Waals surface area contributed by atoms with Crippen molar-refractivity contribution in [3.63, 3.8) is 0 Å². The van der Waals surface area contributed by atoms with Crippen LogP contribution in [0.1, 0.15) is 6.42 Å². The first-order valence-electron chi connectivity index (χ1n) is 3.70. The first-order valence-corrected chi connectivity index (χ1v) is 5.55. The van der Waals surface area contributed by atoms with Crippen LogP contribution in [0.25, 0.3) is 0 Å². The minimum absolute atomic E-state index is 0.0393. The minimum Gasteiger partial charge on any atom is -0.480 e. The van der Waals surface area contributed by atoms with E-state index < -0.39 is 28.1 Å². The maximum Gasteiger partial charge on any atom is 0.322 e. The van der Waals surface area contributed by atoms with Crippen LogP contribution < -0.4 is 0 Å². The number of β-amino-alcohol motifs (C(OH)–C–C–N with tert-alkyl or cyclic N) is 1. The summed E-state index contributed by atoms with van der Waals surface area (Å²) in [6.07, 6.45) is 0.0134. The van der Waals surface area contributed by atoms with Gasteiger partial charge in [-0.25, -0.2) is 8.42 Å². The smallest absolute Gasteiger partial charge is 0.322 e. The Hall–Kier alpha value is -0.660. The average molecular weight is 209 g/mol. The Morgan fingerprint density at radius 1 is 1.54 bits per heavy atom. The molecule has 1 heterocycles. The molecule has 0 amide bonds. The van der Waals surface area contributed by atoms with E-state index in [9.17, 15) is 13.2 Å². The van der Waals surface area contributed by atoms with Crippen molar-refractivity contribution in [1.29, 1.82) is 0 Å². The van der Waals surface area contributed by atoms with Crippen molar-refractivity contribution in [2.75, 3.05) is 12.8 Å². The molecule has 0 saturated carbocycles. The lowest BCUT2D eigenvalue weighted by Crippen LogP contribution is -2.39. The third-order valence-corrected chi connectivity index (χ3v) is 3.20. The van der Waals surface area contributed by atoms with Gasteiger partial charge in [-0.05, 0) is 0 Å². The lowest BCUT2D eigenvalue weighted by molar-refractivity contribution is -0.140. The van der Waals surface area contributed by atoms with Crippen molar-refractivity contribution in [2.45, 2.75) is 18.6 Å². The summed E-state index contributed by atoms with van der Waals surface area (Å²) in [5.41, 5.74) is 0. The average Bonchev–Trinajstić information content (AvgIpc) is 2.29. The number of aliphatic hydroxyl groups excluding tert-OH is 1. The molecule has 0 spiro atoms. The van der Waals surface area contributed by atoms with E-state index in [1.54, 1.807) is 0 Å². The predicted molar refractivity (Wildman–Crippen MR) is 43.6 cm³/mol. The molecule has 0 radical (unpaired) electrons. The van der Waals surface area contributed by atoms with E-state index in [-0.39, 0.29) is 13.0 Å². The van der Waals surface area contributed by atoms with Gasteiger partial charge in [-0.2, -0.15) is 4.31 Å². The molecule has 2 N–H and O–H groups in total. The molecule has 0 aliphatic carbocycles. The number of carboxylic acids is 1. The number of rotatable bonds is 2. The second kappa shape index (κ2) is 3.24. The topological polar surface area (TPSA) is 94.9 Å². The highest BCUT2D eigenvalue weighted by Crippen LogP contribution is 2.20. The van der Waals surface area contributed by atoms with Crippen LogP contribution in [0.15, 0.2) is 0 Å². The first-order chi connectivity index (χ1) is 5.82. The summed E-state index contributed by atoms with van der Waals surface area (Å²) < 4.78 is 22.9. The van der Waals surface area contributed by atoms with Gasteiger partial charge in [0.25, 0.3) is 0 Å². The molecule has 0 aromatic carbocycles. The molecule has 0 aromatic rings. The van der Waals surface area contributed by atoms with E-state index in [0.29, 0.717) is 0 Å². The van der Waals surface area contributed by atoms with E-state index in [1.807, 2.05) is 0 Å². The minimum atomic E-state index is -3.54. The normalized spacial score (nSPS) is 30.6. The number of aliphatic carboxylic acids is 1. The summed E-state index contributed by atoms with van der Waals surface area (Å²) >= 11 is 0. The van der Waals surface area contributed by atoms with Gasteiger partial charge in [-0.15, -0.1) is 0 Å². The van der Waals surface area contributed by atoms with Crippen molar-refractivity contribution in [3.05, 3.63) is 0 Å². The molecule has 2 atom stereocenters. The van der Waals surface area contributed by atoms with Crippen molar-refractivity contribution >= 4 is 16.0 Å². The zero-order valence-electron chi connectivity index (χ0n) is 7.04. The number of hydrogen-bond acceptors (Lipinski definition) is 4. The van der Waals surface area contributed by atoms with Gasteiger partial charge < -0.3 is 10.2 Å². The molecule has 0 bridgehead atoms. The van der Waals surface area contributed by atoms with Crippen LogP contribution >= 0.6 is 0 Å². The second-order valence-electron chi connectivity index (χ2n) is 3.08. The fourth-order valence-corrected chi connectivity index (χ4v) is 2.46. The molecule has 7 heteroatoms. The number of hydrogen-bond donors (Lipinski definition) is 2. The quantitative estimate of drug-likeness (QED) is 0.575. The molecule has 1 fully saturated rings. The van der Waals surface area contributed by atoms with Gasteiger partial charge in [0, 0.05) is 13.0 Å². The van der Waals surface area contributed by atoms with E-state index in [4.69, 9.17) is 10.2 Å². The maximum atomic E-state index is 11.0. The monoisotopic (exact) mass is 209 g/mol. The number of sulfonamides is 1. The molecule has 76 valence electrons. The number of carboxylic acid groups (broad SMARTS) is 1. The Balaban J connectivity index is 2.91. The molecule has 0 aromatic heterocycles. The van der Waals surface area contributed by atoms with Gasteiger partial charge in [-0.1, -0.05) is 0 Å². The zero-order valence-corrected chi connectivity index (χ0v) is 7.86. The van der Waals surface area contributed by atoms with Gasteiger partial charge in [-0.3, -0.25) is 4.79 Å². The Kier molecular flexibility index (Phi) is 2.60. The SMILES string of the molecule is CS(=O)(=O)N1C[C@@H](O)C[C@@H]1C(=O)O. The molecule has 1 saturated heterocycles. The Labute approximate surface area is 75.8 Å². The van der Waals surface area contributed by atoms with Crippen LogP contribution in [-0.2, 0) is 14.8 Å². The Bertz CT molecular complexity index is 311. The lowest BCUT2D eigenvalue weighted by Gasteiger charge is -2.17. The summed E-state index contributed by atoms with van der Waals surface area (Å²) in [6, 6.07) is -1.12. The van der Waals surface area contributed by atoms with E-state index in [1.165, 1.54) is 0 Å². The van der Waals surface area contributed by atoms with Gasteiger partial charge in [0.2, 0.25) is 10.0 Å². The van der Waals surface area contributed by atoms with Crippen LogP contribution in [0.2, 0.25) is 0 Å². The van der Waals surface area contributed by atoms with Crippen LogP contribution in [0.3, 0.4) is 0 Å². The van der Waals surface area contributed by atoms with Gasteiger partial charge >= 0.3 is 5.97 Å². The second-order valence-corrected chi connectivity index (χ2v) is 5.01. The molecular weight excluding hydrogens is 198 g/mol. The summed E-state index contributed by atoms with van der Waals surface area (Å²) in [5, 5.41) is 17.8. The summed E-state index contributed by atoms with van der Waals surface area (Å²) in [7, 11) is -3.54. The van der Waals surface area contributed by atoms with Crippen molar-refractivity contribution < 1.29 is 23.4 Å². The highest BCUT2D eigenvalue weighted by Gasteiger charge is 2.40. The fourth-order valence-electron chi connectivity index (χ4n) is 1.38. The van der Waals surface area contributed by atoms with Gasteiger partial charge in [0.05, 0.1) is 12.4 Å². The standard InChI is InChI=1S/C6H11NO5S/c1-13(11,12)7-3-4(8)2-5(7)6(9)10/h4-5,8H,2-3H2,1H3,(H,9,10)/t4-,5+/m0/s1. The van der Waals surface area contributed by atoms with Crippen molar-refractivity contribution in [2.24, 2.45) is 0 Å². The lowest BCUT2D eigenvalue weighted by atomic mass is 10.2. The Morgan fingerprint density at radius 3 is 2.38 bits per heavy atom. The fraction of sp³-hybridized carbons (Fsp3) is 0.833. The van der Waals surface area contributed by atoms with E-state index >= 15 is 0 Å². The van der Waals surface area contributed by atoms with Crippen LogP contribution in [-0.4, -0.2) is 53.9 Å². The molecule has 6 nitrogen and oxygen atoms in total. The van der Waals surface area contributed by atoms with Crippen LogP contribution in [0.4, 0.5) is 0 Å². The van der Waals surface area contributed by atoms with Crippen LogP contribution in [0.5, 0.6) is 0 Å². The number of nitrogens with zero attached hydrogens (tertiary/aromatic N) is 1. The largest absolute Gasteiger partial charge is 0.480 e. The Morgan fingerprint density at radius 2 is 2.08 bits per heavy atom. The van der Waals surface area contributed by atoms with Gasteiger partial charge in [0.15, 0.2) is 0 Å². The van der Waals surface area contributed by atoms with Gasteiger partial charge in [0.1, 0.15) is 6.04 Å². The highest BCUT2D eigenvalue weighted by atomic mass is 32.2. The molecule has 1 aliphatic heterocycles. The van der Waals surface area contributed by atoms with E-state index in [0.717, 1.165) is 10.6 Å². The molecular formula is C6H11NO5S. The molecule has 1 aliphatic rings. The molecule has 13 heavy (non-hydrogen) atoms.